The van der Waals surface area contributed by atoms with E-state index in [0.717, 1.165) is 35.8 Å². The number of carbonyl (C=O) groups is 1. The van der Waals surface area contributed by atoms with Gasteiger partial charge in [-0.25, -0.2) is 0 Å². The molecule has 0 bridgehead atoms. The number of likely N-dealkylation sites (tertiary alicyclic amines) is 1. The van der Waals surface area contributed by atoms with Crippen LogP contribution in [-0.2, 0) is 4.79 Å². The van der Waals surface area contributed by atoms with Gasteiger partial charge in [-0.1, -0.05) is 36.4 Å². The van der Waals surface area contributed by atoms with Crippen LogP contribution in [0, 0.1) is 0 Å². The summed E-state index contributed by atoms with van der Waals surface area (Å²) < 4.78 is 0. The number of hydrogen-bond acceptors (Lipinski definition) is 3. The summed E-state index contributed by atoms with van der Waals surface area (Å²) in [7, 11) is 0. The maximum atomic E-state index is 12.2. The maximum Gasteiger partial charge on any atom is 0.225 e. The Labute approximate surface area is 130 Å². The normalized spacial score (nSPS) is 18.7. The lowest BCUT2D eigenvalue weighted by Crippen LogP contribution is -2.34. The van der Waals surface area contributed by atoms with E-state index in [1.165, 1.54) is 0 Å². The van der Waals surface area contributed by atoms with E-state index in [-0.39, 0.29) is 18.6 Å². The second-order valence-electron chi connectivity index (χ2n) is 5.84. The summed E-state index contributed by atoms with van der Waals surface area (Å²) in [6.45, 7) is 1.87. The highest BCUT2D eigenvalue weighted by molar-refractivity contribution is 6.02. The first kappa shape index (κ1) is 15.0. The lowest BCUT2D eigenvalue weighted by atomic mass is 10.1. The third-order valence-corrected chi connectivity index (χ3v) is 4.40. The predicted molar refractivity (Wildman–Crippen MR) is 88.9 cm³/mol. The number of amides is 1. The molecule has 2 aromatic rings. The third-order valence-electron chi connectivity index (χ3n) is 4.40. The lowest BCUT2D eigenvalue weighted by molar-refractivity contribution is -0.116. The molecule has 3 rings (SSSR count). The first-order valence-electron chi connectivity index (χ1n) is 7.90. The molecule has 1 amide bonds. The molecule has 1 aliphatic rings. The number of carbonyl (C=O) groups excluding carboxylic acids is 1. The average molecular weight is 298 g/mol. The number of anilines is 1. The van der Waals surface area contributed by atoms with Gasteiger partial charge in [-0.3, -0.25) is 9.69 Å². The van der Waals surface area contributed by atoms with E-state index >= 15 is 0 Å². The number of aliphatic hydroxyl groups excluding tert-OH is 1. The van der Waals surface area contributed by atoms with Crippen LogP contribution in [0.2, 0.25) is 0 Å². The van der Waals surface area contributed by atoms with Crippen LogP contribution in [0.1, 0.15) is 19.3 Å². The highest BCUT2D eigenvalue weighted by Crippen LogP contribution is 2.23. The molecule has 4 nitrogen and oxygen atoms in total. The van der Waals surface area contributed by atoms with E-state index in [2.05, 4.69) is 10.2 Å². The molecule has 2 aromatic carbocycles. The third kappa shape index (κ3) is 3.29. The molecular formula is C18H22N2O2. The van der Waals surface area contributed by atoms with Crippen LogP contribution >= 0.6 is 0 Å². The molecule has 0 aromatic heterocycles. The SMILES string of the molecule is O=C(CCN1CCC[C@H]1CO)Nc1cccc2ccccc12. The Morgan fingerprint density at radius 2 is 2.05 bits per heavy atom. The van der Waals surface area contributed by atoms with Crippen LogP contribution < -0.4 is 5.32 Å². The number of benzene rings is 2. The van der Waals surface area contributed by atoms with E-state index in [1.807, 2.05) is 42.5 Å². The maximum absolute atomic E-state index is 12.2. The van der Waals surface area contributed by atoms with Gasteiger partial charge in [-0.05, 0) is 30.8 Å². The Kier molecular flexibility index (Phi) is 4.71. The van der Waals surface area contributed by atoms with Crippen molar-refractivity contribution in [2.75, 3.05) is 25.0 Å². The van der Waals surface area contributed by atoms with Crippen LogP contribution in [0.3, 0.4) is 0 Å². The fourth-order valence-corrected chi connectivity index (χ4v) is 3.19. The molecular weight excluding hydrogens is 276 g/mol. The van der Waals surface area contributed by atoms with Gasteiger partial charge in [0.15, 0.2) is 0 Å². The van der Waals surface area contributed by atoms with Crippen molar-refractivity contribution in [2.24, 2.45) is 0 Å². The number of aliphatic hydroxyl groups is 1. The Morgan fingerprint density at radius 1 is 1.23 bits per heavy atom. The predicted octanol–water partition coefficient (Wildman–Crippen LogP) is 2.63. The van der Waals surface area contributed by atoms with Crippen LogP contribution in [0.4, 0.5) is 5.69 Å². The minimum absolute atomic E-state index is 0.0277. The molecule has 1 heterocycles. The standard InChI is InChI=1S/C18H22N2O2/c21-13-15-7-4-11-20(15)12-10-18(22)19-17-9-3-6-14-5-1-2-8-16(14)17/h1-3,5-6,8-9,15,21H,4,7,10-13H2,(H,19,22)/t15-/m0/s1. The van der Waals surface area contributed by atoms with Crippen molar-refractivity contribution in [1.29, 1.82) is 0 Å². The summed E-state index contributed by atoms with van der Waals surface area (Å²) in [6, 6.07) is 14.2. The quantitative estimate of drug-likeness (QED) is 0.892. The van der Waals surface area contributed by atoms with Crippen molar-refractivity contribution < 1.29 is 9.90 Å². The summed E-state index contributed by atoms with van der Waals surface area (Å²) >= 11 is 0. The largest absolute Gasteiger partial charge is 0.395 e. The number of nitrogens with one attached hydrogen (secondary N) is 1. The van der Waals surface area contributed by atoms with Crippen molar-refractivity contribution in [3.8, 4) is 0 Å². The summed E-state index contributed by atoms with van der Waals surface area (Å²) in [6.07, 6.45) is 2.59. The van der Waals surface area contributed by atoms with Crippen molar-refractivity contribution in [3.63, 3.8) is 0 Å². The molecule has 116 valence electrons. The van der Waals surface area contributed by atoms with Gasteiger partial charge in [0.1, 0.15) is 0 Å². The summed E-state index contributed by atoms with van der Waals surface area (Å²) in [5.74, 6) is 0.0277. The Balaban J connectivity index is 1.61. The smallest absolute Gasteiger partial charge is 0.225 e. The molecule has 1 aliphatic heterocycles. The molecule has 1 atom stereocenters. The van der Waals surface area contributed by atoms with E-state index in [1.54, 1.807) is 0 Å². The topological polar surface area (TPSA) is 52.6 Å². The second kappa shape index (κ2) is 6.90. The molecule has 22 heavy (non-hydrogen) atoms. The van der Waals surface area contributed by atoms with E-state index in [4.69, 9.17) is 0 Å². The zero-order valence-electron chi connectivity index (χ0n) is 12.7. The van der Waals surface area contributed by atoms with Gasteiger partial charge in [-0.15, -0.1) is 0 Å². The summed E-state index contributed by atoms with van der Waals surface area (Å²) in [4.78, 5) is 14.4. The molecule has 2 N–H and O–H groups in total. The highest BCUT2D eigenvalue weighted by atomic mass is 16.3. The molecule has 0 unspecified atom stereocenters. The number of nitrogens with zero attached hydrogens (tertiary/aromatic N) is 1. The molecule has 0 radical (unpaired) electrons. The zero-order chi connectivity index (χ0) is 15.4. The molecule has 0 aliphatic carbocycles. The Bertz CT molecular complexity index is 651. The van der Waals surface area contributed by atoms with E-state index < -0.39 is 0 Å². The molecule has 1 fully saturated rings. The zero-order valence-corrected chi connectivity index (χ0v) is 12.7. The summed E-state index contributed by atoms with van der Waals surface area (Å²) in [5.41, 5.74) is 0.864. The van der Waals surface area contributed by atoms with Gasteiger partial charge in [0.25, 0.3) is 0 Å². The van der Waals surface area contributed by atoms with Gasteiger partial charge >= 0.3 is 0 Å². The Morgan fingerprint density at radius 3 is 2.91 bits per heavy atom. The van der Waals surface area contributed by atoms with Gasteiger partial charge in [0.05, 0.1) is 6.61 Å². The van der Waals surface area contributed by atoms with Gasteiger partial charge in [-0.2, -0.15) is 0 Å². The first-order valence-corrected chi connectivity index (χ1v) is 7.90. The minimum atomic E-state index is 0.0277. The highest BCUT2D eigenvalue weighted by Gasteiger charge is 2.23. The fourth-order valence-electron chi connectivity index (χ4n) is 3.19. The molecule has 4 heteroatoms. The van der Waals surface area contributed by atoms with Crippen molar-refractivity contribution >= 4 is 22.4 Å². The van der Waals surface area contributed by atoms with Gasteiger partial charge < -0.3 is 10.4 Å². The number of rotatable bonds is 5. The van der Waals surface area contributed by atoms with Crippen LogP contribution in [-0.4, -0.2) is 41.7 Å². The minimum Gasteiger partial charge on any atom is -0.395 e. The Hall–Kier alpha value is -1.91. The summed E-state index contributed by atoms with van der Waals surface area (Å²) in [5, 5.41) is 14.5. The second-order valence-corrected chi connectivity index (χ2v) is 5.84. The lowest BCUT2D eigenvalue weighted by Gasteiger charge is -2.22. The molecule has 0 spiro atoms. The monoisotopic (exact) mass is 298 g/mol. The first-order chi connectivity index (χ1) is 10.8. The average Bonchev–Trinajstić information content (AvgIpc) is 3.01. The van der Waals surface area contributed by atoms with Crippen LogP contribution in [0.5, 0.6) is 0 Å². The number of hydrogen-bond donors (Lipinski definition) is 2. The molecule has 1 saturated heterocycles. The van der Waals surface area contributed by atoms with Gasteiger partial charge in [0, 0.05) is 30.1 Å². The number of fused-ring (bicyclic) bond motifs is 1. The van der Waals surface area contributed by atoms with Crippen LogP contribution in [0.15, 0.2) is 42.5 Å². The fraction of sp³-hybridized carbons (Fsp3) is 0.389. The van der Waals surface area contributed by atoms with Gasteiger partial charge in [0.2, 0.25) is 5.91 Å². The molecule has 0 saturated carbocycles. The van der Waals surface area contributed by atoms with Crippen molar-refractivity contribution in [3.05, 3.63) is 42.5 Å². The van der Waals surface area contributed by atoms with Crippen LogP contribution in [0.25, 0.3) is 10.8 Å². The van der Waals surface area contributed by atoms with E-state index in [9.17, 15) is 9.90 Å². The van der Waals surface area contributed by atoms with E-state index in [0.29, 0.717) is 13.0 Å². The van der Waals surface area contributed by atoms with Crippen molar-refractivity contribution in [1.82, 2.24) is 4.90 Å². The van der Waals surface area contributed by atoms with Crippen molar-refractivity contribution in [2.45, 2.75) is 25.3 Å².